The molecule has 2 amide bonds. The van der Waals surface area contributed by atoms with E-state index in [9.17, 15) is 9.59 Å². The lowest BCUT2D eigenvalue weighted by Crippen LogP contribution is -2.45. The van der Waals surface area contributed by atoms with E-state index in [1.807, 2.05) is 0 Å². The summed E-state index contributed by atoms with van der Waals surface area (Å²) in [5, 5.41) is 0. The first-order valence-electron chi connectivity index (χ1n) is 4.91. The molecule has 5 heteroatoms. The molecule has 0 rings (SSSR count). The SMILES string of the molecule is CC(C)N(CC(N)=O)C(=O)OC(C)(C)C. The average molecular weight is 216 g/mol. The Hall–Kier alpha value is -1.26. The van der Waals surface area contributed by atoms with Crippen LogP contribution in [0.25, 0.3) is 0 Å². The van der Waals surface area contributed by atoms with Gasteiger partial charge in [-0.15, -0.1) is 0 Å². The Balaban J connectivity index is 4.50. The predicted octanol–water partition coefficient (Wildman–Crippen LogP) is 1.12. The molecule has 0 heterocycles. The predicted molar refractivity (Wildman–Crippen MR) is 57.3 cm³/mol. The number of carbonyl (C=O) groups excluding carboxylic acids is 2. The summed E-state index contributed by atoms with van der Waals surface area (Å²) in [6.45, 7) is 8.79. The first-order chi connectivity index (χ1) is 6.63. The van der Waals surface area contributed by atoms with E-state index in [2.05, 4.69) is 0 Å². The highest BCUT2D eigenvalue weighted by molar-refractivity contribution is 5.81. The molecule has 0 aliphatic rings. The van der Waals surface area contributed by atoms with E-state index in [-0.39, 0.29) is 12.6 Å². The highest BCUT2D eigenvalue weighted by Gasteiger charge is 2.24. The smallest absolute Gasteiger partial charge is 0.410 e. The summed E-state index contributed by atoms with van der Waals surface area (Å²) in [6.07, 6.45) is -0.517. The number of hydrogen-bond acceptors (Lipinski definition) is 3. The van der Waals surface area contributed by atoms with Crippen LogP contribution in [0.2, 0.25) is 0 Å². The van der Waals surface area contributed by atoms with E-state index in [0.717, 1.165) is 0 Å². The summed E-state index contributed by atoms with van der Waals surface area (Å²) in [6, 6.07) is -0.118. The molecule has 0 aliphatic heterocycles. The molecule has 0 aromatic carbocycles. The van der Waals surface area contributed by atoms with Crippen molar-refractivity contribution in [2.24, 2.45) is 5.73 Å². The minimum absolute atomic E-state index is 0.118. The summed E-state index contributed by atoms with van der Waals surface area (Å²) in [4.78, 5) is 23.7. The van der Waals surface area contributed by atoms with Crippen molar-refractivity contribution in [3.63, 3.8) is 0 Å². The summed E-state index contributed by atoms with van der Waals surface area (Å²) >= 11 is 0. The van der Waals surface area contributed by atoms with Crippen molar-refractivity contribution in [2.75, 3.05) is 6.54 Å². The topological polar surface area (TPSA) is 72.6 Å². The minimum Gasteiger partial charge on any atom is -0.444 e. The zero-order chi connectivity index (χ0) is 12.2. The number of ether oxygens (including phenoxy) is 1. The standard InChI is InChI=1S/C10H20N2O3/c1-7(2)12(6-8(11)13)9(14)15-10(3,4)5/h7H,6H2,1-5H3,(H2,11,13). The number of hydrogen-bond donors (Lipinski definition) is 1. The van der Waals surface area contributed by atoms with E-state index in [0.29, 0.717) is 0 Å². The van der Waals surface area contributed by atoms with Crippen LogP contribution in [0.3, 0.4) is 0 Å². The molecule has 0 unspecified atom stereocenters. The van der Waals surface area contributed by atoms with E-state index in [1.54, 1.807) is 34.6 Å². The normalized spacial score (nSPS) is 11.3. The first kappa shape index (κ1) is 13.7. The third kappa shape index (κ3) is 5.93. The maximum absolute atomic E-state index is 11.6. The number of nitrogens with zero attached hydrogens (tertiary/aromatic N) is 1. The van der Waals surface area contributed by atoms with Crippen molar-refractivity contribution in [1.82, 2.24) is 4.90 Å². The van der Waals surface area contributed by atoms with Gasteiger partial charge >= 0.3 is 6.09 Å². The molecule has 0 aromatic heterocycles. The van der Waals surface area contributed by atoms with E-state index < -0.39 is 17.6 Å². The third-order valence-electron chi connectivity index (χ3n) is 1.58. The van der Waals surface area contributed by atoms with E-state index in [4.69, 9.17) is 10.5 Å². The van der Waals surface area contributed by atoms with Crippen molar-refractivity contribution in [3.05, 3.63) is 0 Å². The van der Waals surface area contributed by atoms with Crippen LogP contribution in [-0.4, -0.2) is 35.1 Å². The fourth-order valence-corrected chi connectivity index (χ4v) is 0.946. The molecule has 0 aromatic rings. The second-order valence-electron chi connectivity index (χ2n) is 4.67. The molecule has 88 valence electrons. The van der Waals surface area contributed by atoms with Gasteiger partial charge in [0.15, 0.2) is 0 Å². The highest BCUT2D eigenvalue weighted by Crippen LogP contribution is 2.11. The van der Waals surface area contributed by atoms with Gasteiger partial charge in [0.25, 0.3) is 0 Å². The molecular formula is C10H20N2O3. The Labute approximate surface area is 90.6 Å². The van der Waals surface area contributed by atoms with Crippen molar-refractivity contribution in [1.29, 1.82) is 0 Å². The van der Waals surface area contributed by atoms with Gasteiger partial charge in [-0.1, -0.05) is 0 Å². The lowest BCUT2D eigenvalue weighted by molar-refractivity contribution is -0.119. The lowest BCUT2D eigenvalue weighted by Gasteiger charge is -2.29. The van der Waals surface area contributed by atoms with Gasteiger partial charge in [-0.3, -0.25) is 9.69 Å². The molecule has 15 heavy (non-hydrogen) atoms. The van der Waals surface area contributed by atoms with Crippen molar-refractivity contribution >= 4 is 12.0 Å². The lowest BCUT2D eigenvalue weighted by atomic mass is 10.2. The molecule has 0 radical (unpaired) electrons. The van der Waals surface area contributed by atoms with E-state index in [1.165, 1.54) is 4.90 Å². The first-order valence-corrected chi connectivity index (χ1v) is 4.91. The maximum Gasteiger partial charge on any atom is 0.410 e. The molecule has 5 nitrogen and oxygen atoms in total. The van der Waals surface area contributed by atoms with Gasteiger partial charge in [0.2, 0.25) is 5.91 Å². The van der Waals surface area contributed by atoms with Gasteiger partial charge in [0.1, 0.15) is 12.1 Å². The molecule has 0 fully saturated rings. The molecule has 0 saturated carbocycles. The second kappa shape index (κ2) is 5.00. The Morgan fingerprint density at radius 3 is 2.07 bits per heavy atom. The van der Waals surface area contributed by atoms with Crippen LogP contribution >= 0.6 is 0 Å². The summed E-state index contributed by atoms with van der Waals surface area (Å²) in [5.74, 6) is -0.547. The van der Waals surface area contributed by atoms with Crippen molar-refractivity contribution in [3.8, 4) is 0 Å². The number of primary amides is 1. The second-order valence-corrected chi connectivity index (χ2v) is 4.67. The van der Waals surface area contributed by atoms with Gasteiger partial charge in [-0.05, 0) is 34.6 Å². The zero-order valence-corrected chi connectivity index (χ0v) is 10.0. The van der Waals surface area contributed by atoms with Crippen LogP contribution < -0.4 is 5.73 Å². The summed E-state index contributed by atoms with van der Waals surface area (Å²) in [7, 11) is 0. The molecule has 0 atom stereocenters. The summed E-state index contributed by atoms with van der Waals surface area (Å²) < 4.78 is 5.14. The average Bonchev–Trinajstić information content (AvgIpc) is 1.95. The molecule has 0 spiro atoms. The largest absolute Gasteiger partial charge is 0.444 e. The molecule has 2 N–H and O–H groups in total. The van der Waals surface area contributed by atoms with Crippen LogP contribution in [-0.2, 0) is 9.53 Å². The minimum atomic E-state index is -0.568. The van der Waals surface area contributed by atoms with Gasteiger partial charge in [0, 0.05) is 6.04 Å². The Bertz CT molecular complexity index is 244. The number of amides is 2. The zero-order valence-electron chi connectivity index (χ0n) is 10.0. The Kier molecular flexibility index (Phi) is 4.58. The van der Waals surface area contributed by atoms with Crippen molar-refractivity contribution in [2.45, 2.75) is 46.3 Å². The summed E-state index contributed by atoms with van der Waals surface area (Å²) in [5.41, 5.74) is 4.48. The fourth-order valence-electron chi connectivity index (χ4n) is 0.946. The van der Waals surface area contributed by atoms with Crippen LogP contribution in [0, 0.1) is 0 Å². The Morgan fingerprint density at radius 1 is 1.33 bits per heavy atom. The molecular weight excluding hydrogens is 196 g/mol. The number of nitrogens with two attached hydrogens (primary N) is 1. The molecule has 0 saturated heterocycles. The van der Waals surface area contributed by atoms with Crippen LogP contribution in [0.15, 0.2) is 0 Å². The van der Waals surface area contributed by atoms with Gasteiger partial charge in [-0.2, -0.15) is 0 Å². The highest BCUT2D eigenvalue weighted by atomic mass is 16.6. The van der Waals surface area contributed by atoms with Gasteiger partial charge in [-0.25, -0.2) is 4.79 Å². The number of carbonyl (C=O) groups is 2. The maximum atomic E-state index is 11.6. The van der Waals surface area contributed by atoms with E-state index >= 15 is 0 Å². The van der Waals surface area contributed by atoms with Crippen molar-refractivity contribution < 1.29 is 14.3 Å². The molecule has 0 bridgehead atoms. The van der Waals surface area contributed by atoms with Gasteiger partial charge in [0.05, 0.1) is 0 Å². The quantitative estimate of drug-likeness (QED) is 0.768. The Morgan fingerprint density at radius 2 is 1.80 bits per heavy atom. The van der Waals surface area contributed by atoms with Gasteiger partial charge < -0.3 is 10.5 Å². The molecule has 0 aliphatic carbocycles. The monoisotopic (exact) mass is 216 g/mol. The van der Waals surface area contributed by atoms with Crippen LogP contribution in [0.1, 0.15) is 34.6 Å². The number of rotatable bonds is 3. The van der Waals surface area contributed by atoms with Crippen LogP contribution in [0.5, 0.6) is 0 Å². The fraction of sp³-hybridized carbons (Fsp3) is 0.800. The van der Waals surface area contributed by atoms with Crippen LogP contribution in [0.4, 0.5) is 4.79 Å². The third-order valence-corrected chi connectivity index (χ3v) is 1.58.